The maximum absolute atomic E-state index is 11.8. The van der Waals surface area contributed by atoms with Crippen LogP contribution in [0.15, 0.2) is 24.3 Å². The van der Waals surface area contributed by atoms with Gasteiger partial charge in [0.1, 0.15) is 0 Å². The molecule has 19 heavy (non-hydrogen) atoms. The lowest BCUT2D eigenvalue weighted by atomic mass is 10.1. The molecule has 0 fully saturated rings. The van der Waals surface area contributed by atoms with Gasteiger partial charge in [-0.25, -0.2) is 0 Å². The van der Waals surface area contributed by atoms with Crippen molar-refractivity contribution in [2.24, 2.45) is 0 Å². The number of hydrogen-bond donors (Lipinski definition) is 1. The summed E-state index contributed by atoms with van der Waals surface area (Å²) in [7, 11) is 0. The molecular weight excluding hydrogens is 260 g/mol. The maximum atomic E-state index is 11.8. The van der Waals surface area contributed by atoms with Crippen molar-refractivity contribution >= 4 is 17.5 Å². The number of nitrogens with zero attached hydrogens (tertiary/aromatic N) is 1. The van der Waals surface area contributed by atoms with E-state index in [1.807, 2.05) is 36.9 Å². The molecular formula is C15H23ClN2O. The van der Waals surface area contributed by atoms with E-state index in [-0.39, 0.29) is 5.91 Å². The molecule has 0 radical (unpaired) electrons. The van der Waals surface area contributed by atoms with Crippen LogP contribution in [0.4, 0.5) is 0 Å². The summed E-state index contributed by atoms with van der Waals surface area (Å²) in [6, 6.07) is 7.88. The van der Waals surface area contributed by atoms with E-state index in [1.54, 1.807) is 0 Å². The number of hydrogen-bond acceptors (Lipinski definition) is 2. The predicted octanol–water partition coefficient (Wildman–Crippen LogP) is 2.73. The standard InChI is InChI=1S/C15H23ClN2O/c1-3-18(4-2)15(19)9-11-17-10-8-13-6-5-7-14(16)12-13/h5-7,12,17H,3-4,8-11H2,1-2H3. The number of rotatable bonds is 8. The second-order valence-electron chi connectivity index (χ2n) is 4.45. The fourth-order valence-corrected chi connectivity index (χ4v) is 2.19. The zero-order valence-corrected chi connectivity index (χ0v) is 12.5. The van der Waals surface area contributed by atoms with Crippen molar-refractivity contribution in [3.05, 3.63) is 34.9 Å². The molecule has 0 aliphatic heterocycles. The summed E-state index contributed by atoms with van der Waals surface area (Å²) in [6.45, 7) is 7.19. The van der Waals surface area contributed by atoms with E-state index in [1.165, 1.54) is 5.56 Å². The summed E-state index contributed by atoms with van der Waals surface area (Å²) in [4.78, 5) is 13.6. The third-order valence-corrected chi connectivity index (χ3v) is 3.35. The monoisotopic (exact) mass is 282 g/mol. The van der Waals surface area contributed by atoms with Crippen molar-refractivity contribution in [2.45, 2.75) is 26.7 Å². The van der Waals surface area contributed by atoms with Crippen molar-refractivity contribution in [1.82, 2.24) is 10.2 Å². The summed E-state index contributed by atoms with van der Waals surface area (Å²) in [6.07, 6.45) is 1.50. The van der Waals surface area contributed by atoms with Crippen LogP contribution in [0.2, 0.25) is 5.02 Å². The first-order valence-electron chi connectivity index (χ1n) is 6.90. The summed E-state index contributed by atoms with van der Waals surface area (Å²) >= 11 is 5.92. The van der Waals surface area contributed by atoms with E-state index >= 15 is 0 Å². The molecule has 0 heterocycles. The van der Waals surface area contributed by atoms with Gasteiger partial charge in [-0.3, -0.25) is 4.79 Å². The largest absolute Gasteiger partial charge is 0.343 e. The molecule has 0 unspecified atom stereocenters. The first kappa shape index (κ1) is 16.0. The van der Waals surface area contributed by atoms with Gasteiger partial charge in [-0.15, -0.1) is 0 Å². The quantitative estimate of drug-likeness (QED) is 0.744. The Morgan fingerprint density at radius 2 is 2.00 bits per heavy atom. The van der Waals surface area contributed by atoms with Crippen LogP contribution in [0.1, 0.15) is 25.8 Å². The molecule has 106 valence electrons. The second kappa shape index (κ2) is 8.94. The van der Waals surface area contributed by atoms with Crippen molar-refractivity contribution in [3.8, 4) is 0 Å². The van der Waals surface area contributed by atoms with Gasteiger partial charge >= 0.3 is 0 Å². The Morgan fingerprint density at radius 3 is 2.63 bits per heavy atom. The molecule has 0 atom stereocenters. The Bertz CT molecular complexity index is 391. The van der Waals surface area contributed by atoms with Crippen LogP contribution in [-0.2, 0) is 11.2 Å². The number of amides is 1. The normalized spacial score (nSPS) is 10.5. The lowest BCUT2D eigenvalue weighted by Crippen LogP contribution is -2.33. The average Bonchev–Trinajstić information content (AvgIpc) is 2.40. The van der Waals surface area contributed by atoms with Crippen LogP contribution in [0, 0.1) is 0 Å². The molecule has 1 N–H and O–H groups in total. The molecule has 0 aliphatic rings. The molecule has 1 rings (SSSR count). The Kier molecular flexibility index (Phi) is 7.53. The SMILES string of the molecule is CCN(CC)C(=O)CCNCCc1cccc(Cl)c1. The topological polar surface area (TPSA) is 32.3 Å². The highest BCUT2D eigenvalue weighted by atomic mass is 35.5. The van der Waals surface area contributed by atoms with Crippen molar-refractivity contribution in [2.75, 3.05) is 26.2 Å². The molecule has 1 aromatic rings. The lowest BCUT2D eigenvalue weighted by molar-refractivity contribution is -0.130. The minimum absolute atomic E-state index is 0.222. The second-order valence-corrected chi connectivity index (χ2v) is 4.88. The van der Waals surface area contributed by atoms with Crippen molar-refractivity contribution < 1.29 is 4.79 Å². The van der Waals surface area contributed by atoms with Gasteiger partial charge in [-0.05, 0) is 44.5 Å². The van der Waals surface area contributed by atoms with Crippen LogP contribution in [0.5, 0.6) is 0 Å². The maximum Gasteiger partial charge on any atom is 0.223 e. The first-order valence-corrected chi connectivity index (χ1v) is 7.28. The zero-order chi connectivity index (χ0) is 14.1. The van der Waals surface area contributed by atoms with Gasteiger partial charge < -0.3 is 10.2 Å². The highest BCUT2D eigenvalue weighted by Gasteiger charge is 2.07. The highest BCUT2D eigenvalue weighted by molar-refractivity contribution is 6.30. The summed E-state index contributed by atoms with van der Waals surface area (Å²) in [5, 5.41) is 4.07. The highest BCUT2D eigenvalue weighted by Crippen LogP contribution is 2.10. The van der Waals surface area contributed by atoms with Gasteiger partial charge in [0.05, 0.1) is 0 Å². The molecule has 0 saturated heterocycles. The molecule has 0 spiro atoms. The van der Waals surface area contributed by atoms with Crippen LogP contribution >= 0.6 is 11.6 Å². The first-order chi connectivity index (χ1) is 9.17. The van der Waals surface area contributed by atoms with Gasteiger partial charge in [0, 0.05) is 31.1 Å². The minimum atomic E-state index is 0.222. The van der Waals surface area contributed by atoms with E-state index in [4.69, 9.17) is 11.6 Å². The molecule has 0 bridgehead atoms. The number of halogens is 1. The van der Waals surface area contributed by atoms with Gasteiger partial charge in [-0.2, -0.15) is 0 Å². The van der Waals surface area contributed by atoms with E-state index in [0.29, 0.717) is 6.42 Å². The van der Waals surface area contributed by atoms with Gasteiger partial charge in [0.15, 0.2) is 0 Å². The van der Waals surface area contributed by atoms with Crippen LogP contribution in [0.25, 0.3) is 0 Å². The summed E-state index contributed by atoms with van der Waals surface area (Å²) < 4.78 is 0. The van der Waals surface area contributed by atoms with Gasteiger partial charge in [-0.1, -0.05) is 23.7 Å². The van der Waals surface area contributed by atoms with E-state index in [9.17, 15) is 4.79 Å². The molecule has 3 nitrogen and oxygen atoms in total. The molecule has 4 heteroatoms. The Labute approximate surface area is 120 Å². The Hall–Kier alpha value is -1.06. The third kappa shape index (κ3) is 6.08. The summed E-state index contributed by atoms with van der Waals surface area (Å²) in [5.41, 5.74) is 1.22. The lowest BCUT2D eigenvalue weighted by Gasteiger charge is -2.18. The van der Waals surface area contributed by atoms with Crippen LogP contribution < -0.4 is 5.32 Å². The number of benzene rings is 1. The third-order valence-electron chi connectivity index (χ3n) is 3.11. The average molecular weight is 283 g/mol. The summed E-state index contributed by atoms with van der Waals surface area (Å²) in [5.74, 6) is 0.222. The fourth-order valence-electron chi connectivity index (χ4n) is 1.98. The van der Waals surface area contributed by atoms with Gasteiger partial charge in [0.25, 0.3) is 0 Å². The zero-order valence-electron chi connectivity index (χ0n) is 11.8. The number of nitrogens with one attached hydrogen (secondary N) is 1. The minimum Gasteiger partial charge on any atom is -0.343 e. The number of carbonyl (C=O) groups is 1. The van der Waals surface area contributed by atoms with E-state index in [2.05, 4.69) is 11.4 Å². The van der Waals surface area contributed by atoms with Crippen LogP contribution in [-0.4, -0.2) is 37.0 Å². The van der Waals surface area contributed by atoms with E-state index in [0.717, 1.165) is 37.6 Å². The smallest absolute Gasteiger partial charge is 0.223 e. The molecule has 0 aromatic heterocycles. The Balaban J connectivity index is 2.16. The molecule has 1 aromatic carbocycles. The molecule has 0 aliphatic carbocycles. The van der Waals surface area contributed by atoms with E-state index < -0.39 is 0 Å². The van der Waals surface area contributed by atoms with Gasteiger partial charge in [0.2, 0.25) is 5.91 Å². The molecule has 0 saturated carbocycles. The molecule has 1 amide bonds. The fraction of sp³-hybridized carbons (Fsp3) is 0.533. The van der Waals surface area contributed by atoms with Crippen molar-refractivity contribution in [1.29, 1.82) is 0 Å². The Morgan fingerprint density at radius 1 is 1.26 bits per heavy atom. The van der Waals surface area contributed by atoms with Crippen molar-refractivity contribution in [3.63, 3.8) is 0 Å². The number of carbonyl (C=O) groups excluding carboxylic acids is 1. The van der Waals surface area contributed by atoms with Crippen LogP contribution in [0.3, 0.4) is 0 Å². The predicted molar refractivity (Wildman–Crippen MR) is 80.6 cm³/mol.